The molecule has 1 aliphatic carbocycles. The van der Waals surface area contributed by atoms with E-state index in [0.29, 0.717) is 0 Å². The van der Waals surface area contributed by atoms with E-state index in [2.05, 4.69) is 5.32 Å². The number of morpholine rings is 1. The van der Waals surface area contributed by atoms with Crippen molar-refractivity contribution in [1.29, 1.82) is 0 Å². The highest BCUT2D eigenvalue weighted by atomic mass is 16.5. The summed E-state index contributed by atoms with van der Waals surface area (Å²) in [5, 5.41) is 3.54. The average molecular weight is 235 g/mol. The highest BCUT2D eigenvalue weighted by molar-refractivity contribution is 5.12. The van der Waals surface area contributed by atoms with Gasteiger partial charge in [0.1, 0.15) is 0 Å². The monoisotopic (exact) mass is 235 g/mol. The van der Waals surface area contributed by atoms with Crippen molar-refractivity contribution >= 4 is 0 Å². The van der Waals surface area contributed by atoms with Gasteiger partial charge in [0.05, 0.1) is 24.2 Å². The van der Waals surface area contributed by atoms with E-state index in [1.165, 1.54) is 44.1 Å². The van der Waals surface area contributed by atoms with Gasteiger partial charge in [-0.2, -0.15) is 0 Å². The van der Waals surface area contributed by atoms with Crippen LogP contribution in [0.2, 0.25) is 0 Å². The lowest BCUT2D eigenvalue weighted by atomic mass is 9.91. The maximum absolute atomic E-state index is 6.42. The van der Waals surface area contributed by atoms with Gasteiger partial charge in [0.15, 0.2) is 0 Å². The maximum Gasteiger partial charge on any atom is 0.0988 e. The first-order valence-electron chi connectivity index (χ1n) is 6.79. The Kier molecular flexibility index (Phi) is 3.21. The van der Waals surface area contributed by atoms with E-state index in [9.17, 15) is 0 Å². The third kappa shape index (κ3) is 2.40. The second-order valence-electron chi connectivity index (χ2n) is 5.39. The second-order valence-corrected chi connectivity index (χ2v) is 5.39. The minimum atomic E-state index is 0.0800. The van der Waals surface area contributed by atoms with Gasteiger partial charge in [0, 0.05) is 18.7 Å². The Bertz CT molecular complexity index is 339. The van der Waals surface area contributed by atoms with Crippen molar-refractivity contribution in [2.24, 2.45) is 0 Å². The average Bonchev–Trinajstić information content (AvgIpc) is 2.80. The molecule has 2 aliphatic rings. The molecule has 1 aromatic heterocycles. The molecule has 2 fully saturated rings. The zero-order valence-corrected chi connectivity index (χ0v) is 10.3. The van der Waals surface area contributed by atoms with Crippen molar-refractivity contribution in [1.82, 2.24) is 5.32 Å². The number of furan rings is 1. The van der Waals surface area contributed by atoms with Gasteiger partial charge in [-0.25, -0.2) is 0 Å². The summed E-state index contributed by atoms with van der Waals surface area (Å²) < 4.78 is 11.6. The van der Waals surface area contributed by atoms with Crippen LogP contribution in [0.15, 0.2) is 23.0 Å². The molecule has 0 radical (unpaired) electrons. The van der Waals surface area contributed by atoms with E-state index in [0.717, 1.165) is 13.1 Å². The number of hydrogen-bond donors (Lipinski definition) is 1. The van der Waals surface area contributed by atoms with Crippen LogP contribution in [0.25, 0.3) is 0 Å². The summed E-state index contributed by atoms with van der Waals surface area (Å²) >= 11 is 0. The Morgan fingerprint density at radius 2 is 2.00 bits per heavy atom. The summed E-state index contributed by atoms with van der Waals surface area (Å²) in [6.45, 7) is 1.92. The first kappa shape index (κ1) is 11.3. The molecule has 1 aliphatic heterocycles. The predicted molar refractivity (Wildman–Crippen MR) is 65.8 cm³/mol. The zero-order valence-electron chi connectivity index (χ0n) is 10.3. The number of ether oxygens (including phenoxy) is 1. The lowest BCUT2D eigenvalue weighted by molar-refractivity contribution is -0.126. The van der Waals surface area contributed by atoms with E-state index in [4.69, 9.17) is 9.15 Å². The molecule has 1 unspecified atom stereocenters. The minimum Gasteiger partial charge on any atom is -0.472 e. The Morgan fingerprint density at radius 3 is 2.71 bits per heavy atom. The first-order valence-corrected chi connectivity index (χ1v) is 6.79. The standard InChI is InChI=1S/C14H21NO2/c1-2-4-7-14(6-3-1)11-15-9-13(17-14)12-5-8-16-10-12/h5,8,10,13,15H,1-4,6-7,9,11H2. The van der Waals surface area contributed by atoms with E-state index in [1.807, 2.05) is 12.3 Å². The van der Waals surface area contributed by atoms with Crippen LogP contribution >= 0.6 is 0 Å². The summed E-state index contributed by atoms with van der Waals surface area (Å²) in [5.74, 6) is 0. The SMILES string of the molecule is c1cc(C2CNCC3(CCCCCC3)O2)co1. The molecule has 1 aromatic rings. The van der Waals surface area contributed by atoms with Crippen LogP contribution in [0.5, 0.6) is 0 Å². The predicted octanol–water partition coefficient (Wildman–Crippen LogP) is 3.03. The molecule has 3 heteroatoms. The topological polar surface area (TPSA) is 34.4 Å². The summed E-state index contributed by atoms with van der Waals surface area (Å²) in [6.07, 6.45) is 11.4. The van der Waals surface area contributed by atoms with Crippen molar-refractivity contribution in [2.75, 3.05) is 13.1 Å². The molecule has 0 aromatic carbocycles. The zero-order chi connectivity index (χ0) is 11.6. The highest BCUT2D eigenvalue weighted by Gasteiger charge is 2.38. The number of rotatable bonds is 1. The Hall–Kier alpha value is -0.800. The molecule has 1 saturated carbocycles. The van der Waals surface area contributed by atoms with E-state index >= 15 is 0 Å². The molecule has 17 heavy (non-hydrogen) atoms. The molecule has 94 valence electrons. The maximum atomic E-state index is 6.42. The van der Waals surface area contributed by atoms with Crippen LogP contribution in [0.1, 0.15) is 50.2 Å². The minimum absolute atomic E-state index is 0.0800. The van der Waals surface area contributed by atoms with Gasteiger partial charge in [-0.1, -0.05) is 25.7 Å². The van der Waals surface area contributed by atoms with Crippen molar-refractivity contribution in [3.63, 3.8) is 0 Å². The molecule has 0 bridgehead atoms. The summed E-state index contributed by atoms with van der Waals surface area (Å²) in [7, 11) is 0. The van der Waals surface area contributed by atoms with Crippen molar-refractivity contribution < 1.29 is 9.15 Å². The molecule has 1 saturated heterocycles. The molecule has 3 rings (SSSR count). The van der Waals surface area contributed by atoms with Gasteiger partial charge < -0.3 is 14.5 Å². The molecular formula is C14H21NO2. The largest absolute Gasteiger partial charge is 0.472 e. The summed E-state index contributed by atoms with van der Waals surface area (Å²) in [5.41, 5.74) is 1.25. The quantitative estimate of drug-likeness (QED) is 0.812. The molecule has 0 amide bonds. The fourth-order valence-corrected chi connectivity index (χ4v) is 3.13. The van der Waals surface area contributed by atoms with Crippen molar-refractivity contribution in [3.05, 3.63) is 24.2 Å². The van der Waals surface area contributed by atoms with Gasteiger partial charge in [-0.05, 0) is 18.9 Å². The van der Waals surface area contributed by atoms with E-state index in [1.54, 1.807) is 6.26 Å². The fourth-order valence-electron chi connectivity index (χ4n) is 3.13. The van der Waals surface area contributed by atoms with Gasteiger partial charge in [0.25, 0.3) is 0 Å². The number of nitrogens with one attached hydrogen (secondary N) is 1. The Balaban J connectivity index is 1.73. The first-order chi connectivity index (χ1) is 8.38. The van der Waals surface area contributed by atoms with Gasteiger partial charge in [-0.15, -0.1) is 0 Å². The Morgan fingerprint density at radius 1 is 1.18 bits per heavy atom. The molecular weight excluding hydrogens is 214 g/mol. The van der Waals surface area contributed by atoms with Gasteiger partial charge in [-0.3, -0.25) is 0 Å². The van der Waals surface area contributed by atoms with Crippen LogP contribution in [-0.2, 0) is 4.74 Å². The second kappa shape index (κ2) is 4.83. The van der Waals surface area contributed by atoms with Crippen LogP contribution in [0, 0.1) is 0 Å². The van der Waals surface area contributed by atoms with Crippen LogP contribution in [0.4, 0.5) is 0 Å². The van der Waals surface area contributed by atoms with E-state index < -0.39 is 0 Å². The van der Waals surface area contributed by atoms with Crippen molar-refractivity contribution in [2.45, 2.75) is 50.2 Å². The summed E-state index contributed by atoms with van der Waals surface area (Å²) in [6, 6.07) is 2.02. The third-order valence-corrected chi connectivity index (χ3v) is 4.10. The molecule has 2 heterocycles. The third-order valence-electron chi connectivity index (χ3n) is 4.10. The molecule has 1 atom stereocenters. The molecule has 1 spiro atoms. The summed E-state index contributed by atoms with van der Waals surface area (Å²) in [4.78, 5) is 0. The van der Waals surface area contributed by atoms with E-state index in [-0.39, 0.29) is 11.7 Å². The van der Waals surface area contributed by atoms with Crippen LogP contribution in [0.3, 0.4) is 0 Å². The van der Waals surface area contributed by atoms with Crippen LogP contribution in [-0.4, -0.2) is 18.7 Å². The Labute approximate surface area is 103 Å². The number of hydrogen-bond acceptors (Lipinski definition) is 3. The van der Waals surface area contributed by atoms with Gasteiger partial charge in [0.2, 0.25) is 0 Å². The molecule has 1 N–H and O–H groups in total. The fraction of sp³-hybridized carbons (Fsp3) is 0.714. The highest BCUT2D eigenvalue weighted by Crippen LogP contribution is 2.36. The van der Waals surface area contributed by atoms with Crippen LogP contribution < -0.4 is 5.32 Å². The van der Waals surface area contributed by atoms with Crippen molar-refractivity contribution in [3.8, 4) is 0 Å². The smallest absolute Gasteiger partial charge is 0.0988 e. The molecule has 3 nitrogen and oxygen atoms in total. The lowest BCUT2D eigenvalue weighted by Gasteiger charge is -2.41. The normalized spacial score (nSPS) is 29.1. The van der Waals surface area contributed by atoms with Gasteiger partial charge >= 0.3 is 0 Å². The lowest BCUT2D eigenvalue weighted by Crippen LogP contribution is -2.50.